The molecule has 27 heavy (non-hydrogen) atoms. The van der Waals surface area contributed by atoms with E-state index in [1.807, 2.05) is 19.1 Å². The minimum Gasteiger partial charge on any atom is -0.496 e. The quantitative estimate of drug-likeness (QED) is 0.215. The summed E-state index contributed by atoms with van der Waals surface area (Å²) < 4.78 is 11.6. The molecule has 150 valence electrons. The van der Waals surface area contributed by atoms with E-state index in [1.165, 1.54) is 0 Å². The lowest BCUT2D eigenvalue weighted by Crippen LogP contribution is -2.60. The van der Waals surface area contributed by atoms with Crippen molar-refractivity contribution in [3.05, 3.63) is 35.2 Å². The maximum atomic E-state index is 6.15. The predicted molar refractivity (Wildman–Crippen MR) is 99.7 cm³/mol. The molecule has 0 amide bonds. The number of rotatable bonds is 8. The van der Waals surface area contributed by atoms with E-state index in [2.05, 4.69) is 40.2 Å². The summed E-state index contributed by atoms with van der Waals surface area (Å²) in [5.74, 6) is 18.0. The Balaban J connectivity index is 2.45. The van der Waals surface area contributed by atoms with Crippen LogP contribution in [0.15, 0.2) is 34.4 Å². The minimum absolute atomic E-state index is 0.176. The van der Waals surface area contributed by atoms with Gasteiger partial charge in [-0.2, -0.15) is 0 Å². The van der Waals surface area contributed by atoms with Crippen LogP contribution in [0.3, 0.4) is 0 Å². The summed E-state index contributed by atoms with van der Waals surface area (Å²) in [6.07, 6.45) is 0.239. The zero-order valence-corrected chi connectivity index (χ0v) is 15.9. The molecule has 0 spiro atoms. The molecule has 11 heteroatoms. The molecule has 0 aromatic heterocycles. The standard InChI is InChI=1S/C16H28N8O3/c1-8(2)10-5-12(25-4)11(9(3)27-19)6-13(10)26-14-7-20-16(22-17)21-15(14)23-24-18/h5-9,15-16,20-22H,17,19H2,1-4H3,(H2,18,23). The van der Waals surface area contributed by atoms with Crippen molar-refractivity contribution in [1.29, 1.82) is 0 Å². The van der Waals surface area contributed by atoms with E-state index in [1.54, 1.807) is 13.3 Å². The highest BCUT2D eigenvalue weighted by Crippen LogP contribution is 2.38. The zero-order valence-electron chi connectivity index (χ0n) is 15.9. The Hall–Kier alpha value is -2.44. The van der Waals surface area contributed by atoms with E-state index in [0.717, 1.165) is 11.1 Å². The summed E-state index contributed by atoms with van der Waals surface area (Å²) in [6, 6.07) is 3.76. The Morgan fingerprint density at radius 3 is 2.44 bits per heavy atom. The number of hydrogen-bond acceptors (Lipinski definition) is 10. The van der Waals surface area contributed by atoms with Gasteiger partial charge in [-0.15, -0.1) is 5.11 Å². The number of ether oxygens (including phenoxy) is 2. The van der Waals surface area contributed by atoms with Crippen molar-refractivity contribution in [2.24, 2.45) is 27.9 Å². The summed E-state index contributed by atoms with van der Waals surface area (Å²) in [5.41, 5.74) is 4.25. The molecule has 3 unspecified atom stereocenters. The molecule has 0 fully saturated rings. The van der Waals surface area contributed by atoms with Crippen LogP contribution in [0, 0.1) is 0 Å². The fourth-order valence-corrected chi connectivity index (χ4v) is 2.70. The van der Waals surface area contributed by atoms with E-state index in [-0.39, 0.29) is 12.0 Å². The van der Waals surface area contributed by atoms with Crippen LogP contribution in [0.4, 0.5) is 0 Å². The van der Waals surface area contributed by atoms with Crippen molar-refractivity contribution in [2.45, 2.75) is 45.2 Å². The SMILES string of the molecule is COc1cc(C(C)C)c(OC2=CNC(NN)NC2N=NN)cc1C(C)ON. The van der Waals surface area contributed by atoms with Crippen molar-refractivity contribution in [1.82, 2.24) is 16.1 Å². The van der Waals surface area contributed by atoms with Gasteiger partial charge in [0.1, 0.15) is 23.9 Å². The molecule has 1 aliphatic rings. The molecule has 9 N–H and O–H groups in total. The van der Waals surface area contributed by atoms with Gasteiger partial charge in [0.05, 0.1) is 7.11 Å². The number of nitrogens with two attached hydrogens (primary N) is 3. The monoisotopic (exact) mass is 380 g/mol. The molecular formula is C16H28N8O3. The van der Waals surface area contributed by atoms with Gasteiger partial charge in [-0.25, -0.2) is 11.3 Å². The molecular weight excluding hydrogens is 352 g/mol. The smallest absolute Gasteiger partial charge is 0.185 e. The molecule has 0 radical (unpaired) electrons. The number of nitrogens with zero attached hydrogens (tertiary/aromatic N) is 2. The van der Waals surface area contributed by atoms with Crippen LogP contribution in [0.5, 0.6) is 11.5 Å². The first-order valence-electron chi connectivity index (χ1n) is 8.48. The maximum Gasteiger partial charge on any atom is 0.185 e. The van der Waals surface area contributed by atoms with Gasteiger partial charge in [0.15, 0.2) is 11.9 Å². The Morgan fingerprint density at radius 1 is 1.19 bits per heavy atom. The second-order valence-electron chi connectivity index (χ2n) is 6.28. The highest BCUT2D eigenvalue weighted by Gasteiger charge is 2.26. The van der Waals surface area contributed by atoms with Crippen molar-refractivity contribution in [2.75, 3.05) is 7.11 Å². The lowest BCUT2D eigenvalue weighted by Gasteiger charge is -2.29. The molecule has 0 saturated heterocycles. The molecule has 11 nitrogen and oxygen atoms in total. The average Bonchev–Trinajstić information content (AvgIpc) is 2.68. The van der Waals surface area contributed by atoms with Gasteiger partial charge >= 0.3 is 0 Å². The van der Waals surface area contributed by atoms with Gasteiger partial charge in [-0.05, 0) is 25.0 Å². The fraction of sp³-hybridized carbons (Fsp3) is 0.500. The van der Waals surface area contributed by atoms with Crippen LogP contribution in [0.2, 0.25) is 0 Å². The molecule has 1 aromatic carbocycles. The number of hydrazine groups is 1. The van der Waals surface area contributed by atoms with Gasteiger partial charge in [0.2, 0.25) is 0 Å². The first-order chi connectivity index (χ1) is 12.9. The predicted octanol–water partition coefficient (Wildman–Crippen LogP) is 0.582. The van der Waals surface area contributed by atoms with Gasteiger partial charge in [0, 0.05) is 17.3 Å². The van der Waals surface area contributed by atoms with Crippen LogP contribution in [-0.4, -0.2) is 19.6 Å². The van der Waals surface area contributed by atoms with Crippen LogP contribution in [0.25, 0.3) is 0 Å². The number of benzene rings is 1. The topological polar surface area (TPSA) is 167 Å². The van der Waals surface area contributed by atoms with Crippen molar-refractivity contribution >= 4 is 0 Å². The molecule has 1 aliphatic heterocycles. The molecule has 1 heterocycles. The molecule has 3 atom stereocenters. The van der Waals surface area contributed by atoms with E-state index in [4.69, 9.17) is 31.9 Å². The number of hydrogen-bond donors (Lipinski definition) is 6. The van der Waals surface area contributed by atoms with Crippen LogP contribution < -0.4 is 43.1 Å². The molecule has 0 saturated carbocycles. The van der Waals surface area contributed by atoms with Gasteiger partial charge in [-0.1, -0.05) is 19.1 Å². The highest BCUT2D eigenvalue weighted by molar-refractivity contribution is 5.49. The largest absolute Gasteiger partial charge is 0.496 e. The molecule has 2 rings (SSSR count). The van der Waals surface area contributed by atoms with Crippen LogP contribution >= 0.6 is 0 Å². The van der Waals surface area contributed by atoms with Crippen molar-refractivity contribution in [3.63, 3.8) is 0 Å². The van der Waals surface area contributed by atoms with Crippen LogP contribution in [-0.2, 0) is 4.84 Å². The van der Waals surface area contributed by atoms with E-state index in [0.29, 0.717) is 17.3 Å². The number of nitrogens with one attached hydrogen (secondary N) is 3. The van der Waals surface area contributed by atoms with E-state index < -0.39 is 12.5 Å². The summed E-state index contributed by atoms with van der Waals surface area (Å²) in [4.78, 5) is 4.97. The highest BCUT2D eigenvalue weighted by atomic mass is 16.6. The minimum atomic E-state index is -0.619. The summed E-state index contributed by atoms with van der Waals surface area (Å²) in [7, 11) is 1.60. The third-order valence-corrected chi connectivity index (χ3v) is 4.19. The summed E-state index contributed by atoms with van der Waals surface area (Å²) in [5, 5.41) is 13.3. The third-order valence-electron chi connectivity index (χ3n) is 4.19. The Bertz CT molecular complexity index is 694. The Morgan fingerprint density at radius 2 is 1.89 bits per heavy atom. The third kappa shape index (κ3) is 4.84. The normalized spacial score (nSPS) is 21.1. The zero-order chi connectivity index (χ0) is 20.0. The second kappa shape index (κ2) is 9.48. The number of methoxy groups -OCH3 is 1. The average molecular weight is 380 g/mol. The van der Waals surface area contributed by atoms with Crippen LogP contribution in [0.1, 0.15) is 43.9 Å². The molecule has 0 aliphatic carbocycles. The molecule has 1 aromatic rings. The summed E-state index contributed by atoms with van der Waals surface area (Å²) >= 11 is 0. The van der Waals surface area contributed by atoms with E-state index in [9.17, 15) is 0 Å². The second-order valence-corrected chi connectivity index (χ2v) is 6.28. The first-order valence-corrected chi connectivity index (χ1v) is 8.48. The van der Waals surface area contributed by atoms with Gasteiger partial charge in [0.25, 0.3) is 0 Å². The lowest BCUT2D eigenvalue weighted by molar-refractivity contribution is 0.0644. The Kier molecular flexibility index (Phi) is 7.33. The first kappa shape index (κ1) is 20.9. The summed E-state index contributed by atoms with van der Waals surface area (Å²) in [6.45, 7) is 5.94. The van der Waals surface area contributed by atoms with Crippen molar-refractivity contribution < 1.29 is 14.3 Å². The maximum absolute atomic E-state index is 6.15. The van der Waals surface area contributed by atoms with Gasteiger partial charge in [-0.3, -0.25) is 16.0 Å². The van der Waals surface area contributed by atoms with Crippen molar-refractivity contribution in [3.8, 4) is 11.5 Å². The molecule has 0 bridgehead atoms. The fourth-order valence-electron chi connectivity index (χ4n) is 2.70. The Labute approximate surface area is 158 Å². The van der Waals surface area contributed by atoms with Gasteiger partial charge < -0.3 is 20.6 Å². The lowest BCUT2D eigenvalue weighted by atomic mass is 9.97. The van der Waals surface area contributed by atoms with E-state index >= 15 is 0 Å².